The lowest BCUT2D eigenvalue weighted by molar-refractivity contribution is 0.0952. The van der Waals surface area contributed by atoms with Crippen molar-refractivity contribution in [2.75, 3.05) is 18.9 Å². The Morgan fingerprint density at radius 2 is 1.90 bits per heavy atom. The molecule has 4 nitrogen and oxygen atoms in total. The summed E-state index contributed by atoms with van der Waals surface area (Å²) < 4.78 is 5.62. The predicted molar refractivity (Wildman–Crippen MR) is 87.7 cm³/mol. The number of hydrogen-bond acceptors (Lipinski definition) is 3. The van der Waals surface area contributed by atoms with Crippen molar-refractivity contribution in [2.24, 2.45) is 0 Å². The number of nitrogens with one attached hydrogen (secondary N) is 1. The van der Waals surface area contributed by atoms with E-state index in [0.717, 1.165) is 32.2 Å². The zero-order valence-electron chi connectivity index (χ0n) is 13.3. The summed E-state index contributed by atoms with van der Waals surface area (Å²) in [6, 6.07) is 5.20. The third-order valence-corrected chi connectivity index (χ3v) is 3.35. The summed E-state index contributed by atoms with van der Waals surface area (Å²) in [5.74, 6) is 0.536. The first-order valence-corrected chi connectivity index (χ1v) is 7.99. The summed E-state index contributed by atoms with van der Waals surface area (Å²) in [6.45, 7) is 5.63. The molecule has 0 aliphatic heterocycles. The standard InChI is InChI=1S/C17H28N2O2/c1-3-5-7-8-11-19-17(20)14-9-10-15(18)16(13-14)21-12-6-4-2/h9-10,13H,3-8,11-12,18H2,1-2H3,(H,19,20). The lowest BCUT2D eigenvalue weighted by Gasteiger charge is -2.11. The van der Waals surface area contributed by atoms with Crippen molar-refractivity contribution in [2.45, 2.75) is 52.4 Å². The van der Waals surface area contributed by atoms with Crippen LogP contribution in [0, 0.1) is 0 Å². The summed E-state index contributed by atoms with van der Waals surface area (Å²) in [4.78, 5) is 12.1. The molecule has 0 atom stereocenters. The summed E-state index contributed by atoms with van der Waals surface area (Å²) in [7, 11) is 0. The maximum Gasteiger partial charge on any atom is 0.251 e. The van der Waals surface area contributed by atoms with Crippen molar-refractivity contribution in [3.8, 4) is 5.75 Å². The first kappa shape index (κ1) is 17.3. The van der Waals surface area contributed by atoms with Gasteiger partial charge in [-0.25, -0.2) is 0 Å². The Labute approximate surface area is 128 Å². The Kier molecular flexibility index (Phi) is 8.32. The molecule has 0 bridgehead atoms. The number of ether oxygens (including phenoxy) is 1. The fourth-order valence-electron chi connectivity index (χ4n) is 1.98. The van der Waals surface area contributed by atoms with Crippen molar-refractivity contribution in [1.29, 1.82) is 0 Å². The van der Waals surface area contributed by atoms with Crippen molar-refractivity contribution >= 4 is 11.6 Å². The number of nitrogens with two attached hydrogens (primary N) is 1. The Morgan fingerprint density at radius 1 is 1.14 bits per heavy atom. The molecule has 0 heterocycles. The molecule has 118 valence electrons. The number of unbranched alkanes of at least 4 members (excludes halogenated alkanes) is 4. The van der Waals surface area contributed by atoms with Crippen LogP contribution >= 0.6 is 0 Å². The normalized spacial score (nSPS) is 10.4. The van der Waals surface area contributed by atoms with E-state index in [0.29, 0.717) is 23.6 Å². The Bertz CT molecular complexity index is 433. The largest absolute Gasteiger partial charge is 0.491 e. The van der Waals surface area contributed by atoms with Crippen molar-refractivity contribution in [1.82, 2.24) is 5.32 Å². The van der Waals surface area contributed by atoms with E-state index in [2.05, 4.69) is 19.2 Å². The Balaban J connectivity index is 2.49. The van der Waals surface area contributed by atoms with Crippen LogP contribution in [0.15, 0.2) is 18.2 Å². The van der Waals surface area contributed by atoms with E-state index in [1.807, 2.05) is 0 Å². The fraction of sp³-hybridized carbons (Fsp3) is 0.588. The summed E-state index contributed by atoms with van der Waals surface area (Å²) in [6.07, 6.45) is 6.64. The van der Waals surface area contributed by atoms with Gasteiger partial charge in [0.2, 0.25) is 0 Å². The van der Waals surface area contributed by atoms with E-state index < -0.39 is 0 Å². The number of anilines is 1. The minimum atomic E-state index is -0.0631. The van der Waals surface area contributed by atoms with Crippen molar-refractivity contribution < 1.29 is 9.53 Å². The highest BCUT2D eigenvalue weighted by Crippen LogP contribution is 2.23. The second-order valence-electron chi connectivity index (χ2n) is 5.27. The molecule has 1 aromatic carbocycles. The van der Waals surface area contributed by atoms with Crippen LogP contribution in [0.2, 0.25) is 0 Å². The highest BCUT2D eigenvalue weighted by Gasteiger charge is 2.08. The monoisotopic (exact) mass is 292 g/mol. The fourth-order valence-corrected chi connectivity index (χ4v) is 1.98. The van der Waals surface area contributed by atoms with Crippen LogP contribution in [0.4, 0.5) is 5.69 Å². The minimum absolute atomic E-state index is 0.0631. The van der Waals surface area contributed by atoms with E-state index in [1.165, 1.54) is 12.8 Å². The summed E-state index contributed by atoms with van der Waals surface area (Å²) in [5.41, 5.74) is 7.05. The van der Waals surface area contributed by atoms with Gasteiger partial charge in [0.25, 0.3) is 5.91 Å². The van der Waals surface area contributed by atoms with Gasteiger partial charge in [-0.05, 0) is 31.0 Å². The van der Waals surface area contributed by atoms with Gasteiger partial charge in [-0.1, -0.05) is 39.5 Å². The molecule has 1 aromatic rings. The number of nitrogen functional groups attached to an aromatic ring is 1. The lowest BCUT2D eigenvalue weighted by atomic mass is 10.1. The van der Waals surface area contributed by atoms with E-state index in [9.17, 15) is 4.79 Å². The zero-order valence-corrected chi connectivity index (χ0v) is 13.3. The van der Waals surface area contributed by atoms with Gasteiger partial charge in [0.05, 0.1) is 12.3 Å². The van der Waals surface area contributed by atoms with Crippen LogP contribution in [-0.2, 0) is 0 Å². The van der Waals surface area contributed by atoms with Crippen LogP contribution < -0.4 is 15.8 Å². The SMILES string of the molecule is CCCCCCNC(=O)c1ccc(N)c(OCCCC)c1. The molecule has 0 radical (unpaired) electrons. The maximum atomic E-state index is 12.1. The van der Waals surface area contributed by atoms with Crippen LogP contribution in [0.25, 0.3) is 0 Å². The number of carbonyl (C=O) groups is 1. The average Bonchev–Trinajstić information content (AvgIpc) is 2.49. The lowest BCUT2D eigenvalue weighted by Crippen LogP contribution is -2.24. The molecular formula is C17H28N2O2. The average molecular weight is 292 g/mol. The van der Waals surface area contributed by atoms with Crippen LogP contribution in [0.5, 0.6) is 5.75 Å². The van der Waals surface area contributed by atoms with Crippen LogP contribution in [0.1, 0.15) is 62.7 Å². The number of carbonyl (C=O) groups excluding carboxylic acids is 1. The molecule has 0 aliphatic rings. The first-order valence-electron chi connectivity index (χ1n) is 7.99. The number of benzene rings is 1. The molecule has 0 saturated carbocycles. The summed E-state index contributed by atoms with van der Waals surface area (Å²) in [5, 5.41) is 2.94. The van der Waals surface area contributed by atoms with Gasteiger partial charge in [0.1, 0.15) is 5.75 Å². The minimum Gasteiger partial charge on any atom is -0.491 e. The molecule has 0 aliphatic carbocycles. The van der Waals surface area contributed by atoms with Gasteiger partial charge >= 0.3 is 0 Å². The molecule has 0 fully saturated rings. The molecule has 4 heteroatoms. The maximum absolute atomic E-state index is 12.1. The molecule has 0 spiro atoms. The van der Waals surface area contributed by atoms with Crippen LogP contribution in [0.3, 0.4) is 0 Å². The first-order chi connectivity index (χ1) is 10.2. The van der Waals surface area contributed by atoms with Gasteiger partial charge < -0.3 is 15.8 Å². The number of rotatable bonds is 10. The quantitative estimate of drug-likeness (QED) is 0.510. The van der Waals surface area contributed by atoms with Crippen molar-refractivity contribution in [3.63, 3.8) is 0 Å². The Morgan fingerprint density at radius 3 is 2.62 bits per heavy atom. The number of hydrogen-bond donors (Lipinski definition) is 2. The highest BCUT2D eigenvalue weighted by atomic mass is 16.5. The van der Waals surface area contributed by atoms with E-state index in [1.54, 1.807) is 18.2 Å². The Hall–Kier alpha value is -1.71. The molecule has 1 rings (SSSR count). The third-order valence-electron chi connectivity index (χ3n) is 3.35. The van der Waals surface area contributed by atoms with Crippen LogP contribution in [-0.4, -0.2) is 19.1 Å². The number of amides is 1. The molecule has 1 amide bonds. The van der Waals surface area contributed by atoms with Gasteiger partial charge in [-0.2, -0.15) is 0 Å². The third kappa shape index (κ3) is 6.52. The van der Waals surface area contributed by atoms with Gasteiger partial charge in [0.15, 0.2) is 0 Å². The smallest absolute Gasteiger partial charge is 0.251 e. The van der Waals surface area contributed by atoms with E-state index in [-0.39, 0.29) is 5.91 Å². The molecule has 0 saturated heterocycles. The zero-order chi connectivity index (χ0) is 15.5. The highest BCUT2D eigenvalue weighted by molar-refractivity contribution is 5.95. The van der Waals surface area contributed by atoms with Gasteiger partial charge in [-0.15, -0.1) is 0 Å². The van der Waals surface area contributed by atoms with E-state index >= 15 is 0 Å². The second-order valence-corrected chi connectivity index (χ2v) is 5.27. The van der Waals surface area contributed by atoms with Crippen molar-refractivity contribution in [3.05, 3.63) is 23.8 Å². The predicted octanol–water partition coefficient (Wildman–Crippen LogP) is 3.76. The molecule has 0 unspecified atom stereocenters. The van der Waals surface area contributed by atoms with E-state index in [4.69, 9.17) is 10.5 Å². The summed E-state index contributed by atoms with van der Waals surface area (Å²) >= 11 is 0. The molecule has 0 aromatic heterocycles. The molecule has 21 heavy (non-hydrogen) atoms. The second kappa shape index (κ2) is 10.1. The molecular weight excluding hydrogens is 264 g/mol. The molecule has 3 N–H and O–H groups in total. The van der Waals surface area contributed by atoms with Gasteiger partial charge in [-0.3, -0.25) is 4.79 Å². The van der Waals surface area contributed by atoms with Gasteiger partial charge in [0, 0.05) is 12.1 Å². The topological polar surface area (TPSA) is 64.4 Å².